The Morgan fingerprint density at radius 3 is 2.41 bits per heavy atom. The minimum Gasteiger partial charge on any atom is -0.465 e. The van der Waals surface area contributed by atoms with Gasteiger partial charge in [0.15, 0.2) is 0 Å². The number of hydrogen-bond donors (Lipinski definition) is 3. The van der Waals surface area contributed by atoms with Gasteiger partial charge in [-0.3, -0.25) is 4.79 Å². The van der Waals surface area contributed by atoms with Gasteiger partial charge in [0.25, 0.3) is 0 Å². The fraction of sp³-hybridized carbons (Fsp3) is 0.682. The number of nitrogens with zero attached hydrogens (tertiary/aromatic N) is 2. The molecule has 4 aliphatic carbocycles. The first-order chi connectivity index (χ1) is 15.1. The number of aromatic nitrogens is 1. The van der Waals surface area contributed by atoms with Gasteiger partial charge in [0.1, 0.15) is 5.82 Å². The second kappa shape index (κ2) is 7.25. The van der Waals surface area contributed by atoms with Gasteiger partial charge in [0.2, 0.25) is 5.91 Å². The first kappa shape index (κ1) is 21.3. The molecule has 7 atom stereocenters. The average Bonchev–Trinajstić information content (AvgIpc) is 3.10. The molecule has 0 aromatic carbocycles. The fourth-order valence-electron chi connectivity index (χ4n) is 7.43. The minimum atomic E-state index is -4.46. The van der Waals surface area contributed by atoms with Crippen LogP contribution in [0.15, 0.2) is 18.3 Å². The molecule has 0 spiro atoms. The molecule has 2 amide bonds. The minimum absolute atomic E-state index is 0.101. The molecule has 174 valence electrons. The molecular weight excluding hydrogens is 425 g/mol. The molecule has 7 nitrogen and oxygen atoms in total. The van der Waals surface area contributed by atoms with Gasteiger partial charge in [-0.1, -0.05) is 0 Å². The van der Waals surface area contributed by atoms with Crippen LogP contribution in [0.1, 0.15) is 44.1 Å². The second-order valence-electron chi connectivity index (χ2n) is 10.1. The Morgan fingerprint density at radius 1 is 1.19 bits per heavy atom. The molecule has 5 fully saturated rings. The summed E-state index contributed by atoms with van der Waals surface area (Å²) in [7, 11) is 0. The van der Waals surface area contributed by atoms with E-state index in [1.165, 1.54) is 11.0 Å². The molecule has 4 bridgehead atoms. The van der Waals surface area contributed by atoms with E-state index in [9.17, 15) is 27.9 Å². The van der Waals surface area contributed by atoms with Gasteiger partial charge in [-0.15, -0.1) is 0 Å². The summed E-state index contributed by atoms with van der Waals surface area (Å²) in [4.78, 5) is 29.7. The summed E-state index contributed by atoms with van der Waals surface area (Å²) in [6.07, 6.45) is 0.102. The number of halogens is 3. The molecule has 1 aromatic rings. The number of likely N-dealkylation sites (tertiary alicyclic amines) is 1. The first-order valence-electron chi connectivity index (χ1n) is 11.2. The molecule has 6 rings (SSSR count). The van der Waals surface area contributed by atoms with Crippen molar-refractivity contribution in [3.63, 3.8) is 0 Å². The van der Waals surface area contributed by atoms with Crippen molar-refractivity contribution in [2.24, 2.45) is 34.8 Å². The second-order valence-corrected chi connectivity index (χ2v) is 10.1. The highest BCUT2D eigenvalue weighted by Gasteiger charge is 2.61. The maximum atomic E-state index is 12.9. The largest absolute Gasteiger partial charge is 0.465 e. The standard InChI is InChI=1S/C22H27F3N4O3/c23-22(24,25)14-1-2-16(27-10-14)28-15-3-4-29(20(31)32)18(15)17-12-5-11-6-13(17)9-21(7-11,8-12)19(26)30/h1-2,10-13,15,17-18H,3-9H2,(H2,26,30)(H,27,28)(H,31,32)/t11?,12-,13?,15?,17?,18+,21-/m0/s1. The van der Waals surface area contributed by atoms with Crippen molar-refractivity contribution in [1.29, 1.82) is 0 Å². The normalized spacial score (nSPS) is 38.2. The number of primary amides is 1. The molecule has 4 saturated carbocycles. The molecule has 1 aliphatic heterocycles. The van der Waals surface area contributed by atoms with E-state index in [1.807, 2.05) is 0 Å². The zero-order valence-corrected chi connectivity index (χ0v) is 17.5. The highest BCUT2D eigenvalue weighted by Crippen LogP contribution is 2.63. The van der Waals surface area contributed by atoms with E-state index in [2.05, 4.69) is 10.3 Å². The number of nitrogens with one attached hydrogen (secondary N) is 1. The fourth-order valence-corrected chi connectivity index (χ4v) is 7.43. The van der Waals surface area contributed by atoms with Crippen molar-refractivity contribution in [1.82, 2.24) is 9.88 Å². The van der Waals surface area contributed by atoms with Crippen LogP contribution in [0.4, 0.5) is 23.8 Å². The van der Waals surface area contributed by atoms with Crippen molar-refractivity contribution < 1.29 is 27.9 Å². The number of carbonyl (C=O) groups is 2. The van der Waals surface area contributed by atoms with E-state index in [0.717, 1.165) is 31.5 Å². The number of amides is 2. The summed E-state index contributed by atoms with van der Waals surface area (Å²) < 4.78 is 38.6. The Bertz CT molecular complexity index is 906. The summed E-state index contributed by atoms with van der Waals surface area (Å²) in [5, 5.41) is 13.1. The van der Waals surface area contributed by atoms with Gasteiger partial charge in [-0.25, -0.2) is 9.78 Å². The lowest BCUT2D eigenvalue weighted by molar-refractivity contribution is -0.154. The Kier molecular flexibility index (Phi) is 4.83. The molecular formula is C22H27F3N4O3. The van der Waals surface area contributed by atoms with Crippen LogP contribution >= 0.6 is 0 Å². The molecule has 10 heteroatoms. The third-order valence-electron chi connectivity index (χ3n) is 8.39. The highest BCUT2D eigenvalue weighted by molar-refractivity contribution is 5.81. The predicted octanol–water partition coefficient (Wildman–Crippen LogP) is 3.56. The van der Waals surface area contributed by atoms with Crippen LogP contribution < -0.4 is 11.1 Å². The van der Waals surface area contributed by atoms with Crippen LogP contribution in [-0.4, -0.2) is 45.6 Å². The molecule has 4 N–H and O–H groups in total. The van der Waals surface area contributed by atoms with Crippen molar-refractivity contribution in [3.05, 3.63) is 23.9 Å². The molecule has 0 radical (unpaired) electrons. The first-order valence-corrected chi connectivity index (χ1v) is 11.2. The summed E-state index contributed by atoms with van der Waals surface area (Å²) in [5.41, 5.74) is 4.51. The Hall–Kier alpha value is -2.52. The monoisotopic (exact) mass is 452 g/mol. The molecule has 2 heterocycles. The third-order valence-corrected chi connectivity index (χ3v) is 8.39. The van der Waals surface area contributed by atoms with Crippen LogP contribution in [-0.2, 0) is 11.0 Å². The quantitative estimate of drug-likeness (QED) is 0.647. The van der Waals surface area contributed by atoms with Gasteiger partial charge in [-0.05, 0) is 74.3 Å². The van der Waals surface area contributed by atoms with Crippen molar-refractivity contribution in [2.45, 2.75) is 56.8 Å². The van der Waals surface area contributed by atoms with Crippen molar-refractivity contribution >= 4 is 17.8 Å². The molecule has 5 aliphatic rings. The zero-order valence-electron chi connectivity index (χ0n) is 17.5. The van der Waals surface area contributed by atoms with E-state index in [0.29, 0.717) is 37.5 Å². The maximum absolute atomic E-state index is 12.9. The Labute approximate surface area is 183 Å². The SMILES string of the molecule is NC(=O)[C@]12CC3CC(C1)C([C@H]1C(Nc4ccc(C(F)(F)F)cn4)CCN1C(=O)O)[C@@H](C3)C2. The number of carbonyl (C=O) groups excluding carboxylic acids is 1. The zero-order chi connectivity index (χ0) is 22.8. The number of carboxylic acid groups (broad SMARTS) is 1. The molecule has 4 unspecified atom stereocenters. The molecule has 1 aromatic heterocycles. The topological polar surface area (TPSA) is 109 Å². The van der Waals surface area contributed by atoms with Crippen LogP contribution in [0.25, 0.3) is 0 Å². The predicted molar refractivity (Wildman–Crippen MR) is 108 cm³/mol. The molecule has 1 saturated heterocycles. The number of alkyl halides is 3. The molecule has 32 heavy (non-hydrogen) atoms. The van der Waals surface area contributed by atoms with Crippen LogP contribution in [0, 0.1) is 29.1 Å². The highest BCUT2D eigenvalue weighted by atomic mass is 19.4. The lowest BCUT2D eigenvalue weighted by atomic mass is 9.44. The average molecular weight is 452 g/mol. The van der Waals surface area contributed by atoms with Crippen LogP contribution in [0.2, 0.25) is 0 Å². The van der Waals surface area contributed by atoms with Crippen molar-refractivity contribution in [3.8, 4) is 0 Å². The van der Waals surface area contributed by atoms with Crippen LogP contribution in [0.3, 0.4) is 0 Å². The van der Waals surface area contributed by atoms with Gasteiger partial charge < -0.3 is 21.1 Å². The summed E-state index contributed by atoms with van der Waals surface area (Å²) in [6, 6.07) is 1.72. The van der Waals surface area contributed by atoms with Gasteiger partial charge in [-0.2, -0.15) is 13.2 Å². The number of anilines is 1. The number of pyridine rings is 1. The lowest BCUT2D eigenvalue weighted by Crippen LogP contribution is -2.61. The third kappa shape index (κ3) is 3.38. The smallest absolute Gasteiger partial charge is 0.417 e. The van der Waals surface area contributed by atoms with E-state index >= 15 is 0 Å². The number of hydrogen-bond acceptors (Lipinski definition) is 4. The van der Waals surface area contributed by atoms with Gasteiger partial charge >= 0.3 is 12.3 Å². The van der Waals surface area contributed by atoms with Gasteiger partial charge in [0, 0.05) is 18.2 Å². The van der Waals surface area contributed by atoms with E-state index in [1.54, 1.807) is 0 Å². The Morgan fingerprint density at radius 2 is 1.88 bits per heavy atom. The maximum Gasteiger partial charge on any atom is 0.417 e. The summed E-state index contributed by atoms with van der Waals surface area (Å²) >= 11 is 0. The van der Waals surface area contributed by atoms with Gasteiger partial charge in [0.05, 0.1) is 17.6 Å². The lowest BCUT2D eigenvalue weighted by Gasteiger charge is -2.61. The Balaban J connectivity index is 1.40. The van der Waals surface area contributed by atoms with E-state index in [4.69, 9.17) is 5.73 Å². The van der Waals surface area contributed by atoms with Crippen LogP contribution in [0.5, 0.6) is 0 Å². The number of nitrogens with two attached hydrogens (primary N) is 1. The van der Waals surface area contributed by atoms with E-state index < -0.39 is 23.2 Å². The van der Waals surface area contributed by atoms with E-state index in [-0.39, 0.29) is 35.7 Å². The number of rotatable bonds is 4. The van der Waals surface area contributed by atoms with Crippen molar-refractivity contribution in [2.75, 3.05) is 11.9 Å². The summed E-state index contributed by atoms with van der Waals surface area (Å²) in [5.74, 6) is 1.08. The summed E-state index contributed by atoms with van der Waals surface area (Å²) in [6.45, 7) is 0.360.